The summed E-state index contributed by atoms with van der Waals surface area (Å²) >= 11 is 0. The van der Waals surface area contributed by atoms with Crippen molar-refractivity contribution in [2.24, 2.45) is 0 Å². The second-order valence-electron chi connectivity index (χ2n) is 18.7. The van der Waals surface area contributed by atoms with Gasteiger partial charge in [0.15, 0.2) is 0 Å². The van der Waals surface area contributed by atoms with E-state index in [9.17, 15) is 0 Å². The van der Waals surface area contributed by atoms with Crippen LogP contribution in [-0.2, 0) is 5.41 Å². The van der Waals surface area contributed by atoms with Crippen LogP contribution in [0, 0.1) is 0 Å². The van der Waals surface area contributed by atoms with Crippen molar-refractivity contribution in [1.82, 2.24) is 4.57 Å². The summed E-state index contributed by atoms with van der Waals surface area (Å²) in [4.78, 5) is 2.60. The summed E-state index contributed by atoms with van der Waals surface area (Å²) in [6.45, 7) is 0. The zero-order valence-corrected chi connectivity index (χ0v) is 37.6. The summed E-state index contributed by atoms with van der Waals surface area (Å²) in [5.74, 6) is 0. The molecule has 0 bridgehead atoms. The summed E-state index contributed by atoms with van der Waals surface area (Å²) in [5, 5.41) is 9.94. The third kappa shape index (κ3) is 5.20. The number of benzene rings is 12. The molecule has 1 aromatic heterocycles. The molecular formula is C67H42N2. The van der Waals surface area contributed by atoms with E-state index in [1.165, 1.54) is 104 Å². The standard InChI is InChI=1S/C67H42N2/c1-3-20-43(21-4-1)55-41-57-53-30-13-17-34-60(53)67(58-32-15-11-28-51(58)52-29-12-16-33-59(52)67)61(57)42-65(55)69(45-38-39-50-48-26-8-7-24-46(48)47-25-9-10-27-49(47)56(50)40-45)64-37-19-36-63-66(64)54-31-14-18-35-62(54)68(63)44-22-5-2-6-23-44/h1-42H. The van der Waals surface area contributed by atoms with Crippen LogP contribution < -0.4 is 4.90 Å². The van der Waals surface area contributed by atoms with Crippen molar-refractivity contribution in [1.29, 1.82) is 0 Å². The molecular weight excluding hydrogens is 833 g/mol. The molecule has 2 nitrogen and oxygen atoms in total. The third-order valence-electron chi connectivity index (χ3n) is 15.4. The lowest BCUT2D eigenvalue weighted by Crippen LogP contribution is -2.26. The highest BCUT2D eigenvalue weighted by Crippen LogP contribution is 2.64. The maximum atomic E-state index is 2.60. The number of fused-ring (bicyclic) bond motifs is 19. The molecule has 12 aromatic carbocycles. The molecule has 320 valence electrons. The normalized spacial score (nSPS) is 13.0. The van der Waals surface area contributed by atoms with Crippen LogP contribution in [-0.4, -0.2) is 4.57 Å². The molecule has 15 rings (SSSR count). The molecule has 2 heteroatoms. The molecule has 0 atom stereocenters. The number of para-hydroxylation sites is 2. The minimum absolute atomic E-state index is 0.525. The number of anilines is 3. The Balaban J connectivity index is 1.12. The van der Waals surface area contributed by atoms with Gasteiger partial charge in [0.05, 0.1) is 27.8 Å². The van der Waals surface area contributed by atoms with E-state index in [1.807, 2.05) is 0 Å². The number of aromatic nitrogens is 1. The Hall–Kier alpha value is -8.98. The highest BCUT2D eigenvalue weighted by molar-refractivity contribution is 6.26. The van der Waals surface area contributed by atoms with Crippen molar-refractivity contribution in [2.75, 3.05) is 4.90 Å². The molecule has 0 amide bonds. The first-order valence-electron chi connectivity index (χ1n) is 24.0. The SMILES string of the molecule is c1ccc(-c2cc3c(cc2N(c2ccc4c5ccccc5c5ccccc5c4c2)c2cccc4c2c2ccccc2n4-c2ccccc2)C2(c4ccccc4-c4ccccc42)c2ccccc2-3)cc1. The fraction of sp³-hybridized carbons (Fsp3) is 0.0149. The summed E-state index contributed by atoms with van der Waals surface area (Å²) in [7, 11) is 0. The van der Waals surface area contributed by atoms with Crippen LogP contribution in [0.3, 0.4) is 0 Å². The van der Waals surface area contributed by atoms with E-state index in [-0.39, 0.29) is 0 Å². The average Bonchev–Trinajstić information content (AvgIpc) is 4.03. The lowest BCUT2D eigenvalue weighted by atomic mass is 9.70. The second-order valence-corrected chi connectivity index (χ2v) is 18.7. The first kappa shape index (κ1) is 38.2. The van der Waals surface area contributed by atoms with Gasteiger partial charge in [-0.25, -0.2) is 0 Å². The third-order valence-corrected chi connectivity index (χ3v) is 15.4. The van der Waals surface area contributed by atoms with Gasteiger partial charge in [0.2, 0.25) is 0 Å². The predicted octanol–water partition coefficient (Wildman–Crippen LogP) is 17.7. The predicted molar refractivity (Wildman–Crippen MR) is 290 cm³/mol. The van der Waals surface area contributed by atoms with Crippen LogP contribution in [0.25, 0.3) is 93.2 Å². The van der Waals surface area contributed by atoms with E-state index in [4.69, 9.17) is 0 Å². The van der Waals surface area contributed by atoms with Crippen molar-refractivity contribution in [3.8, 4) is 39.1 Å². The fourth-order valence-corrected chi connectivity index (χ4v) is 12.6. The Labute approximate surface area is 400 Å². The van der Waals surface area contributed by atoms with Gasteiger partial charge in [0.1, 0.15) is 0 Å². The molecule has 69 heavy (non-hydrogen) atoms. The molecule has 0 aliphatic heterocycles. The molecule has 1 spiro atoms. The maximum Gasteiger partial charge on any atom is 0.0726 e. The van der Waals surface area contributed by atoms with Crippen LogP contribution in [0.1, 0.15) is 22.3 Å². The molecule has 2 aliphatic carbocycles. The second kappa shape index (κ2) is 14.5. The summed E-state index contributed by atoms with van der Waals surface area (Å²) < 4.78 is 2.44. The van der Waals surface area contributed by atoms with E-state index >= 15 is 0 Å². The Morgan fingerprint density at radius 2 is 0.783 bits per heavy atom. The fourth-order valence-electron chi connectivity index (χ4n) is 12.6. The van der Waals surface area contributed by atoms with Crippen molar-refractivity contribution >= 4 is 71.2 Å². The van der Waals surface area contributed by atoms with Gasteiger partial charge in [-0.15, -0.1) is 0 Å². The number of nitrogens with zero attached hydrogens (tertiary/aromatic N) is 2. The van der Waals surface area contributed by atoms with Gasteiger partial charge in [-0.3, -0.25) is 0 Å². The molecule has 1 heterocycles. The molecule has 0 radical (unpaired) electrons. The number of hydrogen-bond acceptors (Lipinski definition) is 1. The highest BCUT2D eigenvalue weighted by atomic mass is 15.2. The lowest BCUT2D eigenvalue weighted by molar-refractivity contribution is 0.794. The van der Waals surface area contributed by atoms with Gasteiger partial charge < -0.3 is 9.47 Å². The van der Waals surface area contributed by atoms with Crippen molar-refractivity contribution in [3.05, 3.63) is 277 Å². The first-order valence-corrected chi connectivity index (χ1v) is 24.0. The molecule has 2 aliphatic rings. The minimum atomic E-state index is -0.525. The van der Waals surface area contributed by atoms with Gasteiger partial charge in [-0.05, 0) is 137 Å². The van der Waals surface area contributed by atoms with Gasteiger partial charge in [0, 0.05) is 27.7 Å². The van der Waals surface area contributed by atoms with Gasteiger partial charge in [-0.2, -0.15) is 0 Å². The zero-order valence-electron chi connectivity index (χ0n) is 37.6. The summed E-state index contributed by atoms with van der Waals surface area (Å²) in [6.07, 6.45) is 0. The van der Waals surface area contributed by atoms with Gasteiger partial charge in [-0.1, -0.05) is 200 Å². The van der Waals surface area contributed by atoms with Crippen LogP contribution in [0.4, 0.5) is 17.1 Å². The Morgan fingerprint density at radius 1 is 0.290 bits per heavy atom. The van der Waals surface area contributed by atoms with Crippen LogP contribution in [0.15, 0.2) is 255 Å². The Bertz CT molecular complexity index is 4170. The van der Waals surface area contributed by atoms with Crippen LogP contribution in [0.5, 0.6) is 0 Å². The molecule has 13 aromatic rings. The monoisotopic (exact) mass is 874 g/mol. The quantitative estimate of drug-likeness (QED) is 0.156. The van der Waals surface area contributed by atoms with Crippen molar-refractivity contribution in [3.63, 3.8) is 0 Å². The zero-order chi connectivity index (χ0) is 45.2. The first-order chi connectivity index (χ1) is 34.3. The van der Waals surface area contributed by atoms with Crippen molar-refractivity contribution in [2.45, 2.75) is 5.41 Å². The minimum Gasteiger partial charge on any atom is -0.309 e. The van der Waals surface area contributed by atoms with E-state index < -0.39 is 5.41 Å². The largest absolute Gasteiger partial charge is 0.309 e. The Morgan fingerprint density at radius 3 is 1.42 bits per heavy atom. The number of rotatable bonds is 5. The Kier molecular flexibility index (Phi) is 8.02. The molecule has 0 saturated heterocycles. The van der Waals surface area contributed by atoms with E-state index in [1.54, 1.807) is 0 Å². The molecule has 0 saturated carbocycles. The van der Waals surface area contributed by atoms with E-state index in [0.717, 1.165) is 28.3 Å². The van der Waals surface area contributed by atoms with E-state index in [0.29, 0.717) is 0 Å². The van der Waals surface area contributed by atoms with E-state index in [2.05, 4.69) is 264 Å². The average molecular weight is 875 g/mol. The smallest absolute Gasteiger partial charge is 0.0726 e. The van der Waals surface area contributed by atoms with Gasteiger partial charge in [0.25, 0.3) is 0 Å². The van der Waals surface area contributed by atoms with Gasteiger partial charge >= 0.3 is 0 Å². The molecule has 0 fully saturated rings. The topological polar surface area (TPSA) is 8.17 Å². The van der Waals surface area contributed by atoms with Crippen molar-refractivity contribution < 1.29 is 0 Å². The molecule has 0 N–H and O–H groups in total. The number of hydrogen-bond donors (Lipinski definition) is 0. The highest BCUT2D eigenvalue weighted by Gasteiger charge is 2.52. The summed E-state index contributed by atoms with van der Waals surface area (Å²) in [6, 6.07) is 95.2. The van der Waals surface area contributed by atoms with Crippen LogP contribution >= 0.6 is 0 Å². The lowest BCUT2D eigenvalue weighted by Gasteiger charge is -2.33. The summed E-state index contributed by atoms with van der Waals surface area (Å²) in [5.41, 5.74) is 19.1. The maximum absolute atomic E-state index is 2.60. The van der Waals surface area contributed by atoms with Crippen LogP contribution in [0.2, 0.25) is 0 Å². The molecule has 0 unspecified atom stereocenters.